The van der Waals surface area contributed by atoms with Crippen molar-refractivity contribution in [2.75, 3.05) is 13.7 Å². The first-order valence-corrected chi connectivity index (χ1v) is 7.45. The van der Waals surface area contributed by atoms with Crippen LogP contribution in [0, 0.1) is 3.83 Å². The van der Waals surface area contributed by atoms with Gasteiger partial charge in [-0.1, -0.05) is 24.9 Å². The molecule has 0 aliphatic rings. The maximum atomic E-state index is 6.12. The Labute approximate surface area is 130 Å². The summed E-state index contributed by atoms with van der Waals surface area (Å²) in [5.74, 6) is 1.34. The lowest BCUT2D eigenvalue weighted by Gasteiger charge is -2.12. The van der Waals surface area contributed by atoms with Gasteiger partial charge >= 0.3 is 0 Å². The molecule has 6 heteroatoms. The molecule has 2 rings (SSSR count). The average Bonchev–Trinajstić information content (AvgIpc) is 2.38. The Kier molecular flexibility index (Phi) is 5.04. The van der Waals surface area contributed by atoms with Crippen molar-refractivity contribution >= 4 is 45.1 Å². The van der Waals surface area contributed by atoms with E-state index in [0.717, 1.165) is 23.7 Å². The molecule has 0 aliphatic heterocycles. The van der Waals surface area contributed by atoms with E-state index in [1.54, 1.807) is 7.11 Å². The molecule has 1 aromatic carbocycles. The predicted octanol–water partition coefficient (Wildman–Crippen LogP) is 4.08. The fraction of sp³-hybridized carbons (Fsp3) is 0.385. The van der Waals surface area contributed by atoms with Crippen molar-refractivity contribution in [3.8, 4) is 11.5 Å². The summed E-state index contributed by atoms with van der Waals surface area (Å²) in [6.07, 6.45) is 2.09. The summed E-state index contributed by atoms with van der Waals surface area (Å²) in [7, 11) is 1.61. The minimum absolute atomic E-state index is 0.424. The number of hydrogen-bond donors (Lipinski definition) is 0. The van der Waals surface area contributed by atoms with Crippen molar-refractivity contribution in [2.24, 2.45) is 0 Å². The molecule has 1 aromatic heterocycles. The smallest absolute Gasteiger partial charge is 0.192 e. The van der Waals surface area contributed by atoms with Crippen LogP contribution in [0.3, 0.4) is 0 Å². The first kappa shape index (κ1) is 14.6. The van der Waals surface area contributed by atoms with Gasteiger partial charge in [0.25, 0.3) is 0 Å². The topological polar surface area (TPSA) is 44.2 Å². The van der Waals surface area contributed by atoms with Gasteiger partial charge in [-0.15, -0.1) is 0 Å². The number of unbranched alkanes of at least 4 members (excludes halogenated alkanes) is 1. The molecule has 0 amide bonds. The lowest BCUT2D eigenvalue weighted by atomic mass is 10.2. The van der Waals surface area contributed by atoms with Crippen LogP contribution in [0.1, 0.15) is 19.8 Å². The summed E-state index contributed by atoms with van der Waals surface area (Å²) in [6.45, 7) is 2.78. The van der Waals surface area contributed by atoms with Crippen molar-refractivity contribution in [1.82, 2.24) is 9.97 Å². The minimum atomic E-state index is 0.424. The minimum Gasteiger partial charge on any atom is -0.493 e. The Morgan fingerprint density at radius 1 is 1.26 bits per heavy atom. The molecule has 0 spiro atoms. The standard InChI is InChI=1S/C13H14ClIN2O2/c1-3-4-5-19-11-7-9-8(6-10(11)18-2)12(14)17-13(15)16-9/h6-7H,3-5H2,1-2H3. The van der Waals surface area contributed by atoms with Gasteiger partial charge in [0.05, 0.1) is 19.2 Å². The SMILES string of the molecule is CCCCOc1cc2nc(I)nc(Cl)c2cc1OC. The van der Waals surface area contributed by atoms with Crippen LogP contribution in [0.4, 0.5) is 0 Å². The van der Waals surface area contributed by atoms with Crippen molar-refractivity contribution in [2.45, 2.75) is 19.8 Å². The van der Waals surface area contributed by atoms with Crippen LogP contribution in [-0.2, 0) is 0 Å². The van der Waals surface area contributed by atoms with Gasteiger partial charge in [0.15, 0.2) is 15.3 Å². The molecule has 0 aliphatic carbocycles. The van der Waals surface area contributed by atoms with Crippen LogP contribution in [0.2, 0.25) is 5.15 Å². The fourth-order valence-electron chi connectivity index (χ4n) is 1.67. The van der Waals surface area contributed by atoms with Gasteiger partial charge in [-0.25, -0.2) is 9.97 Å². The summed E-state index contributed by atoms with van der Waals surface area (Å²) in [5, 5.41) is 1.19. The number of benzene rings is 1. The van der Waals surface area contributed by atoms with E-state index in [2.05, 4.69) is 16.9 Å². The Morgan fingerprint density at radius 2 is 2.05 bits per heavy atom. The predicted molar refractivity (Wildman–Crippen MR) is 84.2 cm³/mol. The Balaban J connectivity index is 2.45. The number of aromatic nitrogens is 2. The van der Waals surface area contributed by atoms with E-state index in [9.17, 15) is 0 Å². The van der Waals surface area contributed by atoms with E-state index in [1.807, 2.05) is 34.7 Å². The second kappa shape index (κ2) is 6.56. The summed E-state index contributed by atoms with van der Waals surface area (Å²) in [5.41, 5.74) is 0.761. The summed E-state index contributed by atoms with van der Waals surface area (Å²) in [6, 6.07) is 3.66. The molecular weight excluding hydrogens is 379 g/mol. The lowest BCUT2D eigenvalue weighted by Crippen LogP contribution is -2.00. The highest BCUT2D eigenvalue weighted by atomic mass is 127. The van der Waals surface area contributed by atoms with E-state index < -0.39 is 0 Å². The number of ether oxygens (including phenoxy) is 2. The second-order valence-electron chi connectivity index (χ2n) is 4.01. The summed E-state index contributed by atoms with van der Waals surface area (Å²) < 4.78 is 11.7. The lowest BCUT2D eigenvalue weighted by molar-refractivity contribution is 0.289. The highest BCUT2D eigenvalue weighted by Crippen LogP contribution is 2.34. The van der Waals surface area contributed by atoms with Gasteiger partial charge in [-0.3, -0.25) is 0 Å². The maximum Gasteiger partial charge on any atom is 0.192 e. The van der Waals surface area contributed by atoms with Crippen molar-refractivity contribution < 1.29 is 9.47 Å². The third-order valence-electron chi connectivity index (χ3n) is 2.66. The molecule has 0 bridgehead atoms. The third-order valence-corrected chi connectivity index (χ3v) is 3.43. The van der Waals surface area contributed by atoms with Gasteiger partial charge in [-0.05, 0) is 12.5 Å². The first-order chi connectivity index (χ1) is 9.15. The third kappa shape index (κ3) is 3.39. The zero-order valence-electron chi connectivity index (χ0n) is 10.7. The van der Waals surface area contributed by atoms with E-state index in [4.69, 9.17) is 21.1 Å². The first-order valence-electron chi connectivity index (χ1n) is 5.99. The zero-order chi connectivity index (χ0) is 13.8. The van der Waals surface area contributed by atoms with E-state index in [1.165, 1.54) is 0 Å². The molecule has 4 nitrogen and oxygen atoms in total. The molecule has 2 aromatic rings. The van der Waals surface area contributed by atoms with E-state index >= 15 is 0 Å². The Hall–Kier alpha value is -0.820. The molecule has 19 heavy (non-hydrogen) atoms. The second-order valence-corrected chi connectivity index (χ2v) is 5.33. The molecule has 0 saturated carbocycles. The number of halogens is 2. The van der Waals surface area contributed by atoms with Crippen molar-refractivity contribution in [1.29, 1.82) is 0 Å². The highest BCUT2D eigenvalue weighted by Gasteiger charge is 2.11. The van der Waals surface area contributed by atoms with E-state index in [-0.39, 0.29) is 0 Å². The van der Waals surface area contributed by atoms with E-state index in [0.29, 0.717) is 27.1 Å². The van der Waals surface area contributed by atoms with Crippen LogP contribution in [-0.4, -0.2) is 23.7 Å². The number of rotatable bonds is 5. The van der Waals surface area contributed by atoms with Gasteiger partial charge in [-0.2, -0.15) is 0 Å². The Morgan fingerprint density at radius 3 is 2.74 bits per heavy atom. The monoisotopic (exact) mass is 392 g/mol. The van der Waals surface area contributed by atoms with Crippen molar-refractivity contribution in [3.05, 3.63) is 21.1 Å². The zero-order valence-corrected chi connectivity index (χ0v) is 13.7. The molecule has 0 saturated heterocycles. The molecular formula is C13H14ClIN2O2. The average molecular weight is 393 g/mol. The molecule has 102 valence electrons. The van der Waals surface area contributed by atoms with Gasteiger partial charge in [0, 0.05) is 34.0 Å². The number of hydrogen-bond acceptors (Lipinski definition) is 4. The van der Waals surface area contributed by atoms with Crippen LogP contribution in [0.25, 0.3) is 10.9 Å². The van der Waals surface area contributed by atoms with Crippen LogP contribution in [0.5, 0.6) is 11.5 Å². The summed E-state index contributed by atoms with van der Waals surface area (Å²) in [4.78, 5) is 8.48. The molecule has 1 heterocycles. The Bertz CT molecular complexity index is 592. The molecule has 0 fully saturated rings. The van der Waals surface area contributed by atoms with Gasteiger partial charge in [0.1, 0.15) is 5.15 Å². The largest absolute Gasteiger partial charge is 0.493 e. The fourth-order valence-corrected chi connectivity index (χ4v) is 2.55. The molecule has 0 radical (unpaired) electrons. The van der Waals surface area contributed by atoms with Crippen LogP contribution in [0.15, 0.2) is 12.1 Å². The normalized spacial score (nSPS) is 10.7. The highest BCUT2D eigenvalue weighted by molar-refractivity contribution is 14.1. The molecule has 0 atom stereocenters. The summed E-state index contributed by atoms with van der Waals surface area (Å²) >= 11 is 8.16. The maximum absolute atomic E-state index is 6.12. The number of fused-ring (bicyclic) bond motifs is 1. The number of methoxy groups -OCH3 is 1. The molecule has 0 N–H and O–H groups in total. The van der Waals surface area contributed by atoms with Crippen LogP contribution < -0.4 is 9.47 Å². The van der Waals surface area contributed by atoms with Crippen LogP contribution >= 0.6 is 34.2 Å². The van der Waals surface area contributed by atoms with Crippen molar-refractivity contribution in [3.63, 3.8) is 0 Å². The number of nitrogens with zero attached hydrogens (tertiary/aromatic N) is 2. The van der Waals surface area contributed by atoms with Gasteiger partial charge in [0.2, 0.25) is 0 Å². The van der Waals surface area contributed by atoms with Gasteiger partial charge < -0.3 is 9.47 Å². The quantitative estimate of drug-likeness (QED) is 0.333. The molecule has 0 unspecified atom stereocenters.